The number of hydrogen-bond donors (Lipinski definition) is 0. The Morgan fingerprint density at radius 1 is 0.778 bits per heavy atom. The Kier molecular flexibility index (Phi) is 4.59. The fourth-order valence-corrected chi connectivity index (χ4v) is 3.47. The summed E-state index contributed by atoms with van der Waals surface area (Å²) in [7, 11) is 0. The molecule has 0 unspecified atom stereocenters. The summed E-state index contributed by atoms with van der Waals surface area (Å²) in [5, 5.41) is 1.87. The molecule has 0 radical (unpaired) electrons. The third-order valence-electron chi connectivity index (χ3n) is 4.89. The van der Waals surface area contributed by atoms with Crippen molar-refractivity contribution in [3.8, 4) is 5.75 Å². The average Bonchev–Trinajstić information content (AvgIpc) is 2.71. The normalized spacial score (nSPS) is 13.4. The summed E-state index contributed by atoms with van der Waals surface area (Å²) in [6.07, 6.45) is 3.52. The first-order valence-electron chi connectivity index (χ1n) is 9.25. The average molecular weight is 356 g/mol. The summed E-state index contributed by atoms with van der Waals surface area (Å²) in [5.41, 5.74) is 2.14. The van der Waals surface area contributed by atoms with E-state index < -0.39 is 0 Å². The molecule has 0 bridgehead atoms. The molecule has 0 spiro atoms. The minimum Gasteiger partial charge on any atom is -0.493 e. The smallest absolute Gasteiger partial charge is 0.194 e. The van der Waals surface area contributed by atoms with Gasteiger partial charge in [0.15, 0.2) is 11.6 Å². The fraction of sp³-hybridized carbons (Fsp3) is 0.167. The lowest BCUT2D eigenvalue weighted by atomic mass is 9.84. The van der Waals surface area contributed by atoms with Crippen LogP contribution in [0.25, 0.3) is 16.3 Å². The molecular weight excluding hydrogens is 336 g/mol. The summed E-state index contributed by atoms with van der Waals surface area (Å²) in [6.45, 7) is 2.79. The van der Waals surface area contributed by atoms with Gasteiger partial charge in [0.2, 0.25) is 0 Å². The van der Waals surface area contributed by atoms with E-state index in [1.165, 1.54) is 6.08 Å². The zero-order valence-electron chi connectivity index (χ0n) is 15.2. The number of ether oxygens (including phenoxy) is 1. The highest BCUT2D eigenvalue weighted by Crippen LogP contribution is 2.35. The molecule has 0 saturated carbocycles. The van der Waals surface area contributed by atoms with Gasteiger partial charge >= 0.3 is 0 Å². The van der Waals surface area contributed by atoms with Gasteiger partial charge in [-0.25, -0.2) is 0 Å². The molecule has 0 aromatic heterocycles. The number of hydrogen-bond acceptors (Lipinski definition) is 3. The zero-order chi connectivity index (χ0) is 18.8. The molecule has 3 nitrogen and oxygen atoms in total. The van der Waals surface area contributed by atoms with Crippen LogP contribution in [-0.4, -0.2) is 18.2 Å². The summed E-state index contributed by atoms with van der Waals surface area (Å²) in [6, 6.07) is 18.6. The molecule has 0 aliphatic heterocycles. The molecule has 0 saturated heterocycles. The summed E-state index contributed by atoms with van der Waals surface area (Å²) < 4.78 is 5.93. The van der Waals surface area contributed by atoms with Gasteiger partial charge in [0, 0.05) is 22.1 Å². The van der Waals surface area contributed by atoms with Gasteiger partial charge in [-0.05, 0) is 35.6 Å². The van der Waals surface area contributed by atoms with Crippen molar-refractivity contribution in [3.05, 3.63) is 83.4 Å². The van der Waals surface area contributed by atoms with Gasteiger partial charge in [-0.2, -0.15) is 0 Å². The lowest BCUT2D eigenvalue weighted by Crippen LogP contribution is -2.16. The Morgan fingerprint density at radius 2 is 1.48 bits per heavy atom. The van der Waals surface area contributed by atoms with E-state index in [2.05, 4.69) is 6.92 Å². The van der Waals surface area contributed by atoms with E-state index in [4.69, 9.17) is 4.74 Å². The molecule has 3 aromatic rings. The van der Waals surface area contributed by atoms with Gasteiger partial charge < -0.3 is 4.74 Å². The molecule has 1 aliphatic rings. The van der Waals surface area contributed by atoms with Crippen molar-refractivity contribution in [2.24, 2.45) is 0 Å². The number of rotatable bonds is 5. The number of carbonyl (C=O) groups is 2. The molecule has 3 heteroatoms. The largest absolute Gasteiger partial charge is 0.493 e. The maximum atomic E-state index is 13.1. The van der Waals surface area contributed by atoms with Crippen LogP contribution in [0.5, 0.6) is 5.75 Å². The van der Waals surface area contributed by atoms with Crippen LogP contribution >= 0.6 is 0 Å². The maximum absolute atomic E-state index is 13.1. The van der Waals surface area contributed by atoms with Crippen molar-refractivity contribution in [1.82, 2.24) is 0 Å². The third-order valence-corrected chi connectivity index (χ3v) is 4.89. The Morgan fingerprint density at radius 3 is 2.26 bits per heavy atom. The predicted molar refractivity (Wildman–Crippen MR) is 107 cm³/mol. The number of ketones is 2. The van der Waals surface area contributed by atoms with E-state index in [9.17, 15) is 9.59 Å². The molecule has 0 amide bonds. The Bertz CT molecular complexity index is 1080. The van der Waals surface area contributed by atoms with E-state index in [-0.39, 0.29) is 11.6 Å². The zero-order valence-corrected chi connectivity index (χ0v) is 15.2. The molecule has 3 aromatic carbocycles. The van der Waals surface area contributed by atoms with Crippen molar-refractivity contribution in [3.63, 3.8) is 0 Å². The van der Waals surface area contributed by atoms with E-state index in [0.717, 1.165) is 34.9 Å². The quantitative estimate of drug-likeness (QED) is 0.569. The van der Waals surface area contributed by atoms with Gasteiger partial charge in [-0.3, -0.25) is 9.59 Å². The summed E-state index contributed by atoms with van der Waals surface area (Å²) in [5.74, 6) is 0.556. The van der Waals surface area contributed by atoms with Crippen LogP contribution in [0.2, 0.25) is 0 Å². The number of fused-ring (bicyclic) bond motifs is 2. The van der Waals surface area contributed by atoms with Gasteiger partial charge in [-0.1, -0.05) is 61.9 Å². The summed E-state index contributed by atoms with van der Waals surface area (Å²) >= 11 is 0. The molecule has 0 heterocycles. The van der Waals surface area contributed by atoms with Crippen molar-refractivity contribution in [1.29, 1.82) is 0 Å². The second-order valence-electron chi connectivity index (χ2n) is 6.66. The predicted octanol–water partition coefficient (Wildman–Crippen LogP) is 5.48. The second-order valence-corrected chi connectivity index (χ2v) is 6.66. The highest BCUT2D eigenvalue weighted by atomic mass is 16.5. The highest BCUT2D eigenvalue weighted by Gasteiger charge is 2.27. The SMILES string of the molecule is CCCCOc1ccc(C2=CC(=O)c3ccccc3C2=O)c2ccccc12. The van der Waals surface area contributed by atoms with Crippen molar-refractivity contribution in [2.45, 2.75) is 19.8 Å². The molecule has 0 atom stereocenters. The molecule has 4 rings (SSSR count). The Balaban J connectivity index is 1.82. The van der Waals surface area contributed by atoms with Crippen molar-refractivity contribution < 1.29 is 14.3 Å². The standard InChI is InChI=1S/C24H20O3/c1-2-3-14-27-23-13-12-17(16-8-4-6-10-19(16)23)21-15-22(25)18-9-5-7-11-20(18)24(21)26/h4-13,15H,2-3,14H2,1H3. The molecular formula is C24H20O3. The van der Waals surface area contributed by atoms with Crippen LogP contribution in [0.4, 0.5) is 0 Å². The van der Waals surface area contributed by atoms with Crippen LogP contribution in [0, 0.1) is 0 Å². The number of carbonyl (C=O) groups excluding carboxylic acids is 2. The van der Waals surface area contributed by atoms with Crippen LogP contribution in [-0.2, 0) is 0 Å². The summed E-state index contributed by atoms with van der Waals surface area (Å²) in [4.78, 5) is 25.6. The Labute approximate surface area is 158 Å². The monoisotopic (exact) mass is 356 g/mol. The highest BCUT2D eigenvalue weighted by molar-refractivity contribution is 6.39. The molecule has 1 aliphatic carbocycles. The number of benzene rings is 3. The molecule has 0 N–H and O–H groups in total. The Hall–Kier alpha value is -3.20. The minimum absolute atomic E-state index is 0.116. The van der Waals surface area contributed by atoms with Crippen molar-refractivity contribution in [2.75, 3.05) is 6.61 Å². The number of unbranched alkanes of at least 4 members (excludes halogenated alkanes) is 1. The van der Waals surface area contributed by atoms with E-state index in [0.29, 0.717) is 23.3 Å². The van der Waals surface area contributed by atoms with Gasteiger partial charge in [0.25, 0.3) is 0 Å². The van der Waals surface area contributed by atoms with E-state index in [1.54, 1.807) is 24.3 Å². The molecule has 134 valence electrons. The topological polar surface area (TPSA) is 43.4 Å². The van der Waals surface area contributed by atoms with E-state index in [1.807, 2.05) is 36.4 Å². The maximum Gasteiger partial charge on any atom is 0.194 e. The minimum atomic E-state index is -0.132. The van der Waals surface area contributed by atoms with Gasteiger partial charge in [0.05, 0.1) is 6.61 Å². The lowest BCUT2D eigenvalue weighted by Gasteiger charge is -2.18. The van der Waals surface area contributed by atoms with Crippen LogP contribution in [0.1, 0.15) is 46.0 Å². The molecule has 0 fully saturated rings. The number of Topliss-reactive ketones (excluding diaryl/α,β-unsaturated/α-hetero) is 1. The lowest BCUT2D eigenvalue weighted by molar-refractivity contribution is 0.100. The van der Waals surface area contributed by atoms with E-state index >= 15 is 0 Å². The first-order valence-corrected chi connectivity index (χ1v) is 9.25. The van der Waals surface area contributed by atoms with Crippen LogP contribution < -0.4 is 4.74 Å². The van der Waals surface area contributed by atoms with Gasteiger partial charge in [-0.15, -0.1) is 0 Å². The van der Waals surface area contributed by atoms with Crippen LogP contribution in [0.15, 0.2) is 66.7 Å². The van der Waals surface area contributed by atoms with Gasteiger partial charge in [0.1, 0.15) is 5.75 Å². The first kappa shape index (κ1) is 17.2. The number of allylic oxidation sites excluding steroid dienone is 2. The molecule has 27 heavy (non-hydrogen) atoms. The first-order chi connectivity index (χ1) is 13.2. The third kappa shape index (κ3) is 3.06. The second kappa shape index (κ2) is 7.20. The fourth-order valence-electron chi connectivity index (χ4n) is 3.47. The van der Waals surface area contributed by atoms with Crippen molar-refractivity contribution >= 4 is 27.9 Å². The van der Waals surface area contributed by atoms with Crippen LogP contribution in [0.3, 0.4) is 0 Å².